The first-order chi connectivity index (χ1) is 9.31. The van der Waals surface area contributed by atoms with Crippen LogP contribution < -0.4 is 10.0 Å². The zero-order valence-corrected chi connectivity index (χ0v) is 14.9. The van der Waals surface area contributed by atoms with Crippen LogP contribution in [0.1, 0.15) is 4.88 Å². The van der Waals surface area contributed by atoms with Gasteiger partial charge in [-0.15, -0.1) is 11.3 Å². The fourth-order valence-corrected chi connectivity index (χ4v) is 3.55. The Balaban J connectivity index is 2.42. The molecule has 1 heterocycles. The van der Waals surface area contributed by atoms with E-state index < -0.39 is 10.0 Å². The third kappa shape index (κ3) is 6.69. The van der Waals surface area contributed by atoms with Gasteiger partial charge in [-0.1, -0.05) is 0 Å². The second kappa shape index (κ2) is 7.96. The van der Waals surface area contributed by atoms with Crippen LogP contribution in [-0.2, 0) is 16.6 Å². The summed E-state index contributed by atoms with van der Waals surface area (Å²) in [6.07, 6.45) is 1.14. The van der Waals surface area contributed by atoms with Crippen LogP contribution >= 0.6 is 27.3 Å². The van der Waals surface area contributed by atoms with Gasteiger partial charge in [-0.3, -0.25) is 4.99 Å². The van der Waals surface area contributed by atoms with Crippen molar-refractivity contribution in [2.45, 2.75) is 6.54 Å². The maximum atomic E-state index is 10.9. The number of hydrogen-bond acceptors (Lipinski definition) is 4. The van der Waals surface area contributed by atoms with Gasteiger partial charge in [-0.25, -0.2) is 13.1 Å². The Morgan fingerprint density at radius 2 is 2.15 bits per heavy atom. The number of guanidine groups is 1. The fourth-order valence-electron chi connectivity index (χ4n) is 1.54. The second-order valence-electron chi connectivity index (χ2n) is 4.20. The predicted octanol–water partition coefficient (Wildman–Crippen LogP) is 1.07. The highest BCUT2D eigenvalue weighted by atomic mass is 79.9. The summed E-state index contributed by atoms with van der Waals surface area (Å²) in [4.78, 5) is 7.38. The van der Waals surface area contributed by atoms with Crippen LogP contribution in [0.3, 0.4) is 0 Å². The molecule has 0 aliphatic carbocycles. The van der Waals surface area contributed by atoms with Gasteiger partial charge < -0.3 is 10.2 Å². The molecule has 1 aromatic rings. The summed E-state index contributed by atoms with van der Waals surface area (Å²) in [5.41, 5.74) is 0. The Morgan fingerprint density at radius 3 is 2.65 bits per heavy atom. The van der Waals surface area contributed by atoms with Crippen molar-refractivity contribution in [3.05, 3.63) is 20.8 Å². The van der Waals surface area contributed by atoms with Gasteiger partial charge in [0.1, 0.15) is 0 Å². The van der Waals surface area contributed by atoms with Crippen LogP contribution in [0.25, 0.3) is 0 Å². The number of nitrogens with one attached hydrogen (secondary N) is 2. The molecule has 0 unspecified atom stereocenters. The molecule has 0 aliphatic heterocycles. The van der Waals surface area contributed by atoms with Gasteiger partial charge in [0.2, 0.25) is 10.0 Å². The minimum Gasteiger partial charge on any atom is -0.355 e. The summed E-state index contributed by atoms with van der Waals surface area (Å²) in [5.74, 6) is 0.727. The van der Waals surface area contributed by atoms with Crippen molar-refractivity contribution in [2.24, 2.45) is 4.99 Å². The van der Waals surface area contributed by atoms with Gasteiger partial charge in [0.25, 0.3) is 0 Å². The summed E-state index contributed by atoms with van der Waals surface area (Å²) >= 11 is 5.11. The average Bonchev–Trinajstić information content (AvgIpc) is 2.73. The van der Waals surface area contributed by atoms with Gasteiger partial charge in [0, 0.05) is 32.1 Å². The van der Waals surface area contributed by atoms with E-state index >= 15 is 0 Å². The van der Waals surface area contributed by atoms with E-state index in [9.17, 15) is 8.42 Å². The highest BCUT2D eigenvalue weighted by molar-refractivity contribution is 9.11. The third-order valence-electron chi connectivity index (χ3n) is 2.37. The molecular formula is C11H19BrN4O2S2. The summed E-state index contributed by atoms with van der Waals surface area (Å²) in [7, 11) is 0.497. The van der Waals surface area contributed by atoms with E-state index in [-0.39, 0.29) is 0 Å². The monoisotopic (exact) mass is 382 g/mol. The predicted molar refractivity (Wildman–Crippen MR) is 87.7 cm³/mol. The molecule has 1 rings (SSSR count). The van der Waals surface area contributed by atoms with Crippen LogP contribution in [0.2, 0.25) is 0 Å². The summed E-state index contributed by atoms with van der Waals surface area (Å²) in [6, 6.07) is 4.07. The Hall–Kier alpha value is -0.640. The quantitative estimate of drug-likeness (QED) is 0.438. The topological polar surface area (TPSA) is 73.8 Å². The molecule has 20 heavy (non-hydrogen) atoms. The minimum absolute atomic E-state index is 0.330. The SMILES string of the molecule is CN=C(NCCNS(C)(=O)=O)N(C)Cc1ccc(Br)s1. The third-order valence-corrected chi connectivity index (χ3v) is 4.70. The van der Waals surface area contributed by atoms with Gasteiger partial charge in [-0.05, 0) is 28.1 Å². The molecule has 1 aromatic heterocycles. The number of rotatable bonds is 6. The minimum atomic E-state index is -3.14. The molecule has 0 bridgehead atoms. The van der Waals surface area contributed by atoms with E-state index in [4.69, 9.17) is 0 Å². The molecule has 0 saturated carbocycles. The van der Waals surface area contributed by atoms with Crippen LogP contribution in [0.15, 0.2) is 20.9 Å². The Labute approximate surface area is 132 Å². The first-order valence-electron chi connectivity index (χ1n) is 5.92. The highest BCUT2D eigenvalue weighted by Gasteiger charge is 2.08. The second-order valence-corrected chi connectivity index (χ2v) is 8.58. The van der Waals surface area contributed by atoms with Crippen molar-refractivity contribution >= 4 is 43.2 Å². The first kappa shape index (κ1) is 17.4. The van der Waals surface area contributed by atoms with Gasteiger partial charge in [0.05, 0.1) is 16.6 Å². The van der Waals surface area contributed by atoms with Crippen molar-refractivity contribution in [1.29, 1.82) is 0 Å². The lowest BCUT2D eigenvalue weighted by atomic mass is 10.4. The van der Waals surface area contributed by atoms with Crippen molar-refractivity contribution in [1.82, 2.24) is 14.9 Å². The summed E-state index contributed by atoms with van der Waals surface area (Å²) in [6.45, 7) is 1.56. The largest absolute Gasteiger partial charge is 0.355 e. The van der Waals surface area contributed by atoms with Crippen LogP contribution in [0.4, 0.5) is 0 Å². The normalized spacial score (nSPS) is 12.5. The molecule has 9 heteroatoms. The number of thiophene rings is 1. The molecule has 0 aromatic carbocycles. The van der Waals surface area contributed by atoms with Crippen LogP contribution in [0, 0.1) is 0 Å². The van der Waals surface area contributed by atoms with Crippen molar-refractivity contribution in [3.8, 4) is 0 Å². The molecule has 0 atom stereocenters. The fraction of sp³-hybridized carbons (Fsp3) is 0.545. The zero-order chi connectivity index (χ0) is 15.2. The maximum Gasteiger partial charge on any atom is 0.208 e. The molecule has 2 N–H and O–H groups in total. The molecule has 0 fully saturated rings. The first-order valence-corrected chi connectivity index (χ1v) is 9.42. The van der Waals surface area contributed by atoms with Crippen molar-refractivity contribution in [3.63, 3.8) is 0 Å². The summed E-state index contributed by atoms with van der Waals surface area (Å²) < 4.78 is 25.4. The Kier molecular flexibility index (Phi) is 6.93. The van der Waals surface area contributed by atoms with E-state index in [2.05, 4.69) is 37.0 Å². The molecule has 0 spiro atoms. The Morgan fingerprint density at radius 1 is 1.45 bits per heavy atom. The van der Waals surface area contributed by atoms with Crippen molar-refractivity contribution < 1.29 is 8.42 Å². The maximum absolute atomic E-state index is 10.9. The molecule has 0 saturated heterocycles. The van der Waals surface area contributed by atoms with Gasteiger partial charge >= 0.3 is 0 Å². The number of nitrogens with zero attached hydrogens (tertiary/aromatic N) is 2. The number of sulfonamides is 1. The lowest BCUT2D eigenvalue weighted by molar-refractivity contribution is 0.481. The molecule has 0 radical (unpaired) electrons. The molecule has 114 valence electrons. The van der Waals surface area contributed by atoms with Crippen LogP contribution in [0.5, 0.6) is 0 Å². The lowest BCUT2D eigenvalue weighted by Crippen LogP contribution is -2.41. The summed E-state index contributed by atoms with van der Waals surface area (Å²) in [5, 5.41) is 3.11. The van der Waals surface area contributed by atoms with E-state index in [0.717, 1.165) is 22.5 Å². The molecule has 0 amide bonds. The zero-order valence-electron chi connectivity index (χ0n) is 11.7. The van der Waals surface area contributed by atoms with E-state index in [0.29, 0.717) is 13.1 Å². The van der Waals surface area contributed by atoms with Gasteiger partial charge in [-0.2, -0.15) is 0 Å². The molecular weight excluding hydrogens is 364 g/mol. The highest BCUT2D eigenvalue weighted by Crippen LogP contribution is 2.22. The number of aliphatic imine (C=N–C) groups is 1. The molecule has 0 aliphatic rings. The average molecular weight is 383 g/mol. The standard InChI is InChI=1S/C11H19BrN4O2S2/c1-13-11(14-6-7-15-20(3,17)18)16(2)8-9-4-5-10(12)19-9/h4-5,15H,6-8H2,1-3H3,(H,13,14). The number of hydrogen-bond donors (Lipinski definition) is 2. The van der Waals surface area contributed by atoms with Gasteiger partial charge in [0.15, 0.2) is 5.96 Å². The molecule has 6 nitrogen and oxygen atoms in total. The van der Waals surface area contributed by atoms with E-state index in [1.807, 2.05) is 18.0 Å². The Bertz CT molecular complexity index is 557. The van der Waals surface area contributed by atoms with Crippen LogP contribution in [-0.4, -0.2) is 52.7 Å². The van der Waals surface area contributed by atoms with E-state index in [1.54, 1.807) is 18.4 Å². The lowest BCUT2D eigenvalue weighted by Gasteiger charge is -2.21. The van der Waals surface area contributed by atoms with Crippen molar-refractivity contribution in [2.75, 3.05) is 33.4 Å². The van der Waals surface area contributed by atoms with E-state index in [1.165, 1.54) is 4.88 Å². The number of halogens is 1. The smallest absolute Gasteiger partial charge is 0.208 e.